The van der Waals surface area contributed by atoms with Crippen LogP contribution in [0.2, 0.25) is 0 Å². The Morgan fingerprint density at radius 1 is 1.31 bits per heavy atom. The number of piperidine rings is 1. The van der Waals surface area contributed by atoms with Gasteiger partial charge in [0.25, 0.3) is 0 Å². The third-order valence-electron chi connectivity index (χ3n) is 3.43. The van der Waals surface area contributed by atoms with Crippen molar-refractivity contribution in [2.45, 2.75) is 26.3 Å². The Bertz CT molecular complexity index is 384. The van der Waals surface area contributed by atoms with E-state index in [1.165, 1.54) is 11.1 Å². The molecule has 2 heteroatoms. The molecule has 84 valence electrons. The molecule has 1 saturated heterocycles. The fraction of sp³-hybridized carbons (Fsp3) is 0.500. The molecule has 1 aromatic carbocycles. The molecule has 1 aromatic rings. The van der Waals surface area contributed by atoms with E-state index < -0.39 is 0 Å². The van der Waals surface area contributed by atoms with Crippen molar-refractivity contribution in [2.24, 2.45) is 5.92 Å². The van der Waals surface area contributed by atoms with E-state index in [4.69, 9.17) is 5.26 Å². The highest BCUT2D eigenvalue weighted by Gasteiger charge is 2.18. The second-order valence-electron chi connectivity index (χ2n) is 4.61. The molecular formula is C14H18N2. The molecule has 1 heterocycles. The monoisotopic (exact) mass is 214 g/mol. The van der Waals surface area contributed by atoms with Gasteiger partial charge in [0.1, 0.15) is 0 Å². The lowest BCUT2D eigenvalue weighted by molar-refractivity contribution is 0.198. The summed E-state index contributed by atoms with van der Waals surface area (Å²) in [6.07, 6.45) is 2.06. The second kappa shape index (κ2) is 5.14. The van der Waals surface area contributed by atoms with Crippen molar-refractivity contribution >= 4 is 0 Å². The van der Waals surface area contributed by atoms with Crippen LogP contribution in [0.1, 0.15) is 24.0 Å². The third-order valence-corrected chi connectivity index (χ3v) is 3.43. The first kappa shape index (κ1) is 11.2. The molecule has 0 radical (unpaired) electrons. The molecule has 0 amide bonds. The lowest BCUT2D eigenvalue weighted by Crippen LogP contribution is -2.32. The SMILES string of the molecule is Cc1ccccc1CN1CCC(C#N)CC1. The number of likely N-dealkylation sites (tertiary alicyclic amines) is 1. The standard InChI is InChI=1S/C14H18N2/c1-12-4-2-3-5-14(12)11-16-8-6-13(10-15)7-9-16/h2-5,13H,6-9,11H2,1H3. The molecule has 0 N–H and O–H groups in total. The van der Waals surface area contributed by atoms with Crippen molar-refractivity contribution in [3.8, 4) is 6.07 Å². The minimum Gasteiger partial charge on any atom is -0.299 e. The lowest BCUT2D eigenvalue weighted by Gasteiger charge is -2.29. The summed E-state index contributed by atoms with van der Waals surface area (Å²) in [6.45, 7) is 5.32. The molecule has 2 rings (SSSR count). The molecule has 0 unspecified atom stereocenters. The van der Waals surface area contributed by atoms with E-state index in [2.05, 4.69) is 42.2 Å². The molecule has 2 nitrogen and oxygen atoms in total. The van der Waals surface area contributed by atoms with Gasteiger partial charge in [-0.2, -0.15) is 5.26 Å². The molecule has 1 fully saturated rings. The molecule has 0 spiro atoms. The Morgan fingerprint density at radius 2 is 2.00 bits per heavy atom. The smallest absolute Gasteiger partial charge is 0.0656 e. The van der Waals surface area contributed by atoms with Crippen LogP contribution >= 0.6 is 0 Å². The molecule has 1 aliphatic rings. The Balaban J connectivity index is 1.93. The maximum Gasteiger partial charge on any atom is 0.0656 e. The van der Waals surface area contributed by atoms with Gasteiger partial charge in [-0.05, 0) is 44.0 Å². The van der Waals surface area contributed by atoms with Crippen LogP contribution in [-0.4, -0.2) is 18.0 Å². The lowest BCUT2D eigenvalue weighted by atomic mass is 9.98. The van der Waals surface area contributed by atoms with Crippen LogP contribution in [-0.2, 0) is 6.54 Å². The Hall–Kier alpha value is -1.33. The Labute approximate surface area is 97.5 Å². The van der Waals surface area contributed by atoms with Crippen LogP contribution in [0.3, 0.4) is 0 Å². The summed E-state index contributed by atoms with van der Waals surface area (Å²) in [5.74, 6) is 0.285. The summed E-state index contributed by atoms with van der Waals surface area (Å²) < 4.78 is 0. The van der Waals surface area contributed by atoms with E-state index in [1.54, 1.807) is 0 Å². The van der Waals surface area contributed by atoms with E-state index in [0.29, 0.717) is 0 Å². The number of nitrogens with zero attached hydrogens (tertiary/aromatic N) is 2. The highest BCUT2D eigenvalue weighted by Crippen LogP contribution is 2.19. The predicted octanol–water partition coefficient (Wildman–Crippen LogP) is 2.73. The summed E-state index contributed by atoms with van der Waals surface area (Å²) in [5.41, 5.74) is 2.78. The van der Waals surface area contributed by atoms with Gasteiger partial charge < -0.3 is 0 Å². The fourth-order valence-electron chi connectivity index (χ4n) is 2.25. The minimum absolute atomic E-state index is 0.285. The highest BCUT2D eigenvalue weighted by molar-refractivity contribution is 5.25. The zero-order valence-corrected chi connectivity index (χ0v) is 9.82. The largest absolute Gasteiger partial charge is 0.299 e. The van der Waals surface area contributed by atoms with Gasteiger partial charge in [-0.1, -0.05) is 24.3 Å². The van der Waals surface area contributed by atoms with Crippen LogP contribution in [0.25, 0.3) is 0 Å². The molecule has 16 heavy (non-hydrogen) atoms. The van der Waals surface area contributed by atoms with Gasteiger partial charge in [-0.3, -0.25) is 4.90 Å². The van der Waals surface area contributed by atoms with Crippen LogP contribution in [0.4, 0.5) is 0 Å². The van der Waals surface area contributed by atoms with Crippen LogP contribution in [0, 0.1) is 24.2 Å². The summed E-state index contributed by atoms with van der Waals surface area (Å²) in [7, 11) is 0. The fourth-order valence-corrected chi connectivity index (χ4v) is 2.25. The maximum absolute atomic E-state index is 8.84. The first-order valence-corrected chi connectivity index (χ1v) is 5.96. The molecule has 0 atom stereocenters. The third kappa shape index (κ3) is 2.62. The van der Waals surface area contributed by atoms with Gasteiger partial charge in [0.15, 0.2) is 0 Å². The van der Waals surface area contributed by atoms with Crippen molar-refractivity contribution in [2.75, 3.05) is 13.1 Å². The summed E-state index contributed by atoms with van der Waals surface area (Å²) in [5, 5.41) is 8.84. The number of hydrogen-bond donors (Lipinski definition) is 0. The number of hydrogen-bond acceptors (Lipinski definition) is 2. The average molecular weight is 214 g/mol. The van der Waals surface area contributed by atoms with Gasteiger partial charge in [0, 0.05) is 12.5 Å². The predicted molar refractivity (Wildman–Crippen MR) is 64.8 cm³/mol. The van der Waals surface area contributed by atoms with E-state index in [1.807, 2.05) is 0 Å². The van der Waals surface area contributed by atoms with E-state index in [0.717, 1.165) is 32.5 Å². The Morgan fingerprint density at radius 3 is 2.62 bits per heavy atom. The quantitative estimate of drug-likeness (QED) is 0.757. The molecular weight excluding hydrogens is 196 g/mol. The first-order chi connectivity index (χ1) is 7.79. The van der Waals surface area contributed by atoms with Gasteiger partial charge >= 0.3 is 0 Å². The van der Waals surface area contributed by atoms with Gasteiger partial charge in [0.05, 0.1) is 6.07 Å². The van der Waals surface area contributed by atoms with Crippen molar-refractivity contribution in [1.82, 2.24) is 4.90 Å². The topological polar surface area (TPSA) is 27.0 Å². The van der Waals surface area contributed by atoms with E-state index >= 15 is 0 Å². The van der Waals surface area contributed by atoms with Crippen LogP contribution in [0.5, 0.6) is 0 Å². The van der Waals surface area contributed by atoms with Crippen LogP contribution < -0.4 is 0 Å². The van der Waals surface area contributed by atoms with Gasteiger partial charge in [-0.15, -0.1) is 0 Å². The normalized spacial score (nSPS) is 18.2. The second-order valence-corrected chi connectivity index (χ2v) is 4.61. The summed E-state index contributed by atoms with van der Waals surface area (Å²) in [6, 6.07) is 10.9. The highest BCUT2D eigenvalue weighted by atomic mass is 15.1. The maximum atomic E-state index is 8.84. The van der Waals surface area contributed by atoms with Crippen LogP contribution in [0.15, 0.2) is 24.3 Å². The molecule has 0 bridgehead atoms. The first-order valence-electron chi connectivity index (χ1n) is 5.96. The van der Waals surface area contributed by atoms with Gasteiger partial charge in [0.2, 0.25) is 0 Å². The van der Waals surface area contributed by atoms with Gasteiger partial charge in [-0.25, -0.2) is 0 Å². The van der Waals surface area contributed by atoms with Crippen molar-refractivity contribution in [1.29, 1.82) is 5.26 Å². The van der Waals surface area contributed by atoms with E-state index in [9.17, 15) is 0 Å². The number of nitriles is 1. The number of benzene rings is 1. The summed E-state index contributed by atoms with van der Waals surface area (Å²) in [4.78, 5) is 2.45. The van der Waals surface area contributed by atoms with Crippen molar-refractivity contribution in [3.63, 3.8) is 0 Å². The number of aryl methyl sites for hydroxylation is 1. The van der Waals surface area contributed by atoms with E-state index in [-0.39, 0.29) is 5.92 Å². The Kier molecular flexibility index (Phi) is 3.58. The zero-order chi connectivity index (χ0) is 11.4. The summed E-state index contributed by atoms with van der Waals surface area (Å²) >= 11 is 0. The number of rotatable bonds is 2. The minimum atomic E-state index is 0.285. The van der Waals surface area contributed by atoms with Crippen molar-refractivity contribution in [3.05, 3.63) is 35.4 Å². The molecule has 1 aliphatic heterocycles. The average Bonchev–Trinajstić information content (AvgIpc) is 2.33. The molecule has 0 aromatic heterocycles. The molecule has 0 aliphatic carbocycles. The van der Waals surface area contributed by atoms with Crippen molar-refractivity contribution < 1.29 is 0 Å². The molecule has 0 saturated carbocycles. The zero-order valence-electron chi connectivity index (χ0n) is 9.82.